The third kappa shape index (κ3) is 5.58. The van der Waals surface area contributed by atoms with E-state index in [0.717, 1.165) is 0 Å². The lowest BCUT2D eigenvalue weighted by molar-refractivity contribution is -0.136. The Bertz CT molecular complexity index is 167. The highest BCUT2D eigenvalue weighted by Crippen LogP contribution is 2.09. The minimum atomic E-state index is -0.500. The van der Waals surface area contributed by atoms with Crippen LogP contribution in [0.2, 0.25) is 0 Å². The number of Topliss-reactive ketones (excluding diaryl/α,β-unsaturated/α-hetero) is 1. The van der Waals surface area contributed by atoms with Gasteiger partial charge in [-0.15, -0.1) is 0 Å². The normalized spacial score (nSPS) is 10.9. The van der Waals surface area contributed by atoms with Crippen LogP contribution in [-0.2, 0) is 9.59 Å². The molecule has 1 N–H and O–H groups in total. The summed E-state index contributed by atoms with van der Waals surface area (Å²) < 4.78 is 0. The lowest BCUT2D eigenvalue weighted by atomic mass is 9.97. The van der Waals surface area contributed by atoms with Gasteiger partial charge in [0, 0.05) is 13.5 Å². The molecule has 0 spiro atoms. The second kappa shape index (κ2) is 3.51. The highest BCUT2D eigenvalue weighted by atomic mass is 16.2. The molecule has 0 unspecified atom stereocenters. The molecule has 0 bridgehead atoms. The Labute approximate surface area is 67.2 Å². The zero-order valence-corrected chi connectivity index (χ0v) is 7.52. The number of rotatable bonds is 2. The van der Waals surface area contributed by atoms with Gasteiger partial charge in [-0.25, -0.2) is 0 Å². The maximum absolute atomic E-state index is 10.7. The van der Waals surface area contributed by atoms with E-state index in [1.165, 1.54) is 6.92 Å². The molecular formula is C8H15NO2. The van der Waals surface area contributed by atoms with Crippen molar-refractivity contribution in [3.8, 4) is 0 Å². The van der Waals surface area contributed by atoms with Gasteiger partial charge in [-0.1, -0.05) is 20.8 Å². The molecule has 0 heterocycles. The van der Waals surface area contributed by atoms with Crippen LogP contribution in [0.15, 0.2) is 0 Å². The summed E-state index contributed by atoms with van der Waals surface area (Å²) in [6.45, 7) is 7.78. The maximum atomic E-state index is 10.7. The van der Waals surface area contributed by atoms with Crippen LogP contribution in [0.3, 0.4) is 0 Å². The van der Waals surface area contributed by atoms with E-state index in [4.69, 9.17) is 0 Å². The molecule has 11 heavy (non-hydrogen) atoms. The molecule has 64 valence electrons. The Morgan fingerprint density at radius 3 is 2.00 bits per heavy atom. The predicted molar refractivity (Wildman–Crippen MR) is 43.1 cm³/mol. The highest BCUT2D eigenvalue weighted by Gasteiger charge is 2.13. The van der Waals surface area contributed by atoms with E-state index in [1.807, 2.05) is 20.8 Å². The standard InChI is InChI=1S/C8H15NO2/c1-6(10)7(11)9-5-8(2,3)4/h5H2,1-4H3,(H,9,11). The van der Waals surface area contributed by atoms with Gasteiger partial charge in [0.15, 0.2) is 0 Å². The predicted octanol–water partition coefficient (Wildman–Crippen LogP) is 0.738. The summed E-state index contributed by atoms with van der Waals surface area (Å²) in [6, 6.07) is 0. The average Bonchev–Trinajstić information content (AvgIpc) is 1.80. The quantitative estimate of drug-likeness (QED) is 0.601. The fraction of sp³-hybridized carbons (Fsp3) is 0.750. The van der Waals surface area contributed by atoms with Crippen molar-refractivity contribution in [1.82, 2.24) is 5.32 Å². The molecule has 0 atom stereocenters. The topological polar surface area (TPSA) is 46.2 Å². The second-order valence-corrected chi connectivity index (χ2v) is 3.80. The van der Waals surface area contributed by atoms with Crippen LogP contribution in [-0.4, -0.2) is 18.2 Å². The van der Waals surface area contributed by atoms with Gasteiger partial charge in [-0.05, 0) is 5.41 Å². The summed E-state index contributed by atoms with van der Waals surface area (Å²) in [5.74, 6) is -0.936. The molecule has 3 nitrogen and oxygen atoms in total. The fourth-order valence-electron chi connectivity index (χ4n) is 0.470. The van der Waals surface area contributed by atoms with E-state index in [9.17, 15) is 9.59 Å². The number of nitrogens with one attached hydrogen (secondary N) is 1. The first-order valence-electron chi connectivity index (χ1n) is 3.62. The van der Waals surface area contributed by atoms with Crippen LogP contribution in [0.25, 0.3) is 0 Å². The monoisotopic (exact) mass is 157 g/mol. The summed E-state index contributed by atoms with van der Waals surface area (Å²) in [4.78, 5) is 21.2. The first-order valence-corrected chi connectivity index (χ1v) is 3.62. The van der Waals surface area contributed by atoms with E-state index in [1.54, 1.807) is 0 Å². The van der Waals surface area contributed by atoms with Gasteiger partial charge in [-0.3, -0.25) is 9.59 Å². The summed E-state index contributed by atoms with van der Waals surface area (Å²) >= 11 is 0. The van der Waals surface area contributed by atoms with Crippen molar-refractivity contribution in [2.75, 3.05) is 6.54 Å². The van der Waals surface area contributed by atoms with Crippen LogP contribution < -0.4 is 5.32 Å². The summed E-state index contributed by atoms with van der Waals surface area (Å²) in [6.07, 6.45) is 0. The van der Waals surface area contributed by atoms with Crippen LogP contribution in [0, 0.1) is 5.41 Å². The lowest BCUT2D eigenvalue weighted by Gasteiger charge is -2.17. The fourth-order valence-corrected chi connectivity index (χ4v) is 0.470. The maximum Gasteiger partial charge on any atom is 0.287 e. The Balaban J connectivity index is 3.73. The van der Waals surface area contributed by atoms with Crippen molar-refractivity contribution in [3.05, 3.63) is 0 Å². The smallest absolute Gasteiger partial charge is 0.287 e. The molecule has 0 aromatic carbocycles. The first kappa shape index (κ1) is 10.1. The molecule has 0 fully saturated rings. The highest BCUT2D eigenvalue weighted by molar-refractivity contribution is 6.35. The molecule has 0 aromatic heterocycles. The minimum absolute atomic E-state index is 0.0328. The Kier molecular flexibility index (Phi) is 3.23. The van der Waals surface area contributed by atoms with Crippen molar-refractivity contribution in [2.45, 2.75) is 27.7 Å². The van der Waals surface area contributed by atoms with Crippen LogP contribution in [0.4, 0.5) is 0 Å². The average molecular weight is 157 g/mol. The molecule has 1 amide bonds. The number of carbonyl (C=O) groups is 2. The molecule has 0 saturated carbocycles. The lowest BCUT2D eigenvalue weighted by Crippen LogP contribution is -2.35. The number of ketones is 1. The van der Waals surface area contributed by atoms with Gasteiger partial charge in [0.25, 0.3) is 5.91 Å². The van der Waals surface area contributed by atoms with E-state index < -0.39 is 11.7 Å². The van der Waals surface area contributed by atoms with Crippen LogP contribution in [0.1, 0.15) is 27.7 Å². The molecule has 0 radical (unpaired) electrons. The van der Waals surface area contributed by atoms with Crippen molar-refractivity contribution in [3.63, 3.8) is 0 Å². The molecular weight excluding hydrogens is 142 g/mol. The number of carbonyl (C=O) groups excluding carboxylic acids is 2. The van der Waals surface area contributed by atoms with Gasteiger partial charge in [-0.2, -0.15) is 0 Å². The van der Waals surface area contributed by atoms with E-state index >= 15 is 0 Å². The van der Waals surface area contributed by atoms with Gasteiger partial charge >= 0.3 is 0 Å². The zero-order valence-electron chi connectivity index (χ0n) is 7.52. The van der Waals surface area contributed by atoms with Crippen molar-refractivity contribution < 1.29 is 9.59 Å². The largest absolute Gasteiger partial charge is 0.349 e. The summed E-state index contributed by atoms with van der Waals surface area (Å²) in [7, 11) is 0. The van der Waals surface area contributed by atoms with Gasteiger partial charge in [0.2, 0.25) is 5.78 Å². The molecule has 0 aliphatic rings. The van der Waals surface area contributed by atoms with Gasteiger partial charge < -0.3 is 5.32 Å². The molecule has 3 heteroatoms. The number of hydrogen-bond acceptors (Lipinski definition) is 2. The summed E-state index contributed by atoms with van der Waals surface area (Å²) in [5, 5.41) is 2.53. The SMILES string of the molecule is CC(=O)C(=O)NCC(C)(C)C. The van der Waals surface area contributed by atoms with Crippen molar-refractivity contribution in [2.24, 2.45) is 5.41 Å². The van der Waals surface area contributed by atoms with Crippen molar-refractivity contribution in [1.29, 1.82) is 0 Å². The Morgan fingerprint density at radius 2 is 1.73 bits per heavy atom. The minimum Gasteiger partial charge on any atom is -0.349 e. The van der Waals surface area contributed by atoms with E-state index in [2.05, 4.69) is 5.32 Å². The van der Waals surface area contributed by atoms with Crippen LogP contribution >= 0.6 is 0 Å². The second-order valence-electron chi connectivity index (χ2n) is 3.80. The number of amides is 1. The molecule has 0 aromatic rings. The Hall–Kier alpha value is -0.860. The third-order valence-corrected chi connectivity index (χ3v) is 1.10. The van der Waals surface area contributed by atoms with Crippen LogP contribution in [0.5, 0.6) is 0 Å². The summed E-state index contributed by atoms with van der Waals surface area (Å²) in [5.41, 5.74) is 0.0328. The zero-order chi connectivity index (χ0) is 9.07. The Morgan fingerprint density at radius 1 is 1.27 bits per heavy atom. The van der Waals surface area contributed by atoms with E-state index in [-0.39, 0.29) is 5.41 Å². The molecule has 0 aliphatic carbocycles. The molecule has 0 saturated heterocycles. The van der Waals surface area contributed by atoms with Crippen molar-refractivity contribution >= 4 is 11.7 Å². The number of hydrogen-bond donors (Lipinski definition) is 1. The van der Waals surface area contributed by atoms with E-state index in [0.29, 0.717) is 6.54 Å². The van der Waals surface area contributed by atoms with Gasteiger partial charge in [0.05, 0.1) is 0 Å². The molecule has 0 aliphatic heterocycles. The molecule has 0 rings (SSSR count). The third-order valence-electron chi connectivity index (χ3n) is 1.10. The van der Waals surface area contributed by atoms with Gasteiger partial charge in [0.1, 0.15) is 0 Å². The first-order chi connectivity index (χ1) is 4.83.